The highest BCUT2D eigenvalue weighted by Crippen LogP contribution is 2.34. The predicted octanol–water partition coefficient (Wildman–Crippen LogP) is 2.45. The fourth-order valence-corrected chi connectivity index (χ4v) is 5.56. The molecule has 1 unspecified atom stereocenters. The third kappa shape index (κ3) is 8.34. The van der Waals surface area contributed by atoms with E-state index < -0.39 is 24.3 Å². The molecule has 9 N–H and O–H groups in total. The highest BCUT2D eigenvalue weighted by atomic mass is 19.4. The van der Waals surface area contributed by atoms with E-state index in [9.17, 15) is 18.3 Å². The summed E-state index contributed by atoms with van der Waals surface area (Å²) >= 11 is 0. The van der Waals surface area contributed by atoms with Gasteiger partial charge in [-0.3, -0.25) is 5.41 Å². The SMILES string of the molecule is C[C@H](N)CCCc1cc(OC(F)(F)F)c(F)c(-c2cc3c([nH]2)=NC(O)N(c2ccc([C@@H]4COC[C@H](CCNC(=N)N)N4)cc2)C=3)c1. The number of morpholine rings is 1. The van der Waals surface area contributed by atoms with Crippen molar-refractivity contribution in [3.8, 4) is 17.0 Å². The largest absolute Gasteiger partial charge is 0.573 e. The zero-order valence-electron chi connectivity index (χ0n) is 25.2. The lowest BCUT2D eigenvalue weighted by Crippen LogP contribution is -2.45. The molecule has 46 heavy (non-hydrogen) atoms. The second kappa shape index (κ2) is 14.1. The number of aromatic nitrogens is 1. The van der Waals surface area contributed by atoms with Gasteiger partial charge in [0.2, 0.25) is 6.35 Å². The third-order valence-electron chi connectivity index (χ3n) is 7.78. The molecule has 0 amide bonds. The molecule has 11 nitrogen and oxygen atoms in total. The Hall–Kier alpha value is -4.18. The van der Waals surface area contributed by atoms with Crippen LogP contribution in [0.25, 0.3) is 17.5 Å². The molecule has 0 spiro atoms. The monoisotopic (exact) mass is 646 g/mol. The number of alkyl halides is 3. The molecule has 1 aromatic heterocycles. The molecule has 0 aliphatic carbocycles. The van der Waals surface area contributed by atoms with Gasteiger partial charge in [0.25, 0.3) is 0 Å². The summed E-state index contributed by atoms with van der Waals surface area (Å²) in [4.78, 5) is 8.77. The van der Waals surface area contributed by atoms with Crippen LogP contribution < -0.4 is 42.4 Å². The van der Waals surface area contributed by atoms with E-state index >= 15 is 4.39 Å². The Morgan fingerprint density at radius 1 is 1.24 bits per heavy atom. The van der Waals surface area contributed by atoms with E-state index in [0.717, 1.165) is 18.1 Å². The number of aromatic amines is 1. The molecular weight excluding hydrogens is 608 g/mol. The van der Waals surface area contributed by atoms with Crippen LogP contribution in [0.2, 0.25) is 0 Å². The van der Waals surface area contributed by atoms with Crippen LogP contribution in [0.1, 0.15) is 43.4 Å². The van der Waals surface area contributed by atoms with E-state index in [1.54, 1.807) is 12.3 Å². The summed E-state index contributed by atoms with van der Waals surface area (Å²) in [6.45, 7) is 3.41. The summed E-state index contributed by atoms with van der Waals surface area (Å²) in [6.07, 6.45) is -2.39. The van der Waals surface area contributed by atoms with Crippen molar-refractivity contribution in [1.29, 1.82) is 5.41 Å². The summed E-state index contributed by atoms with van der Waals surface area (Å²) in [6, 6.07) is 11.5. The Morgan fingerprint density at radius 3 is 2.70 bits per heavy atom. The van der Waals surface area contributed by atoms with Crippen LogP contribution in [0, 0.1) is 11.2 Å². The van der Waals surface area contributed by atoms with Crippen molar-refractivity contribution in [3.63, 3.8) is 0 Å². The minimum Gasteiger partial charge on any atom is -0.403 e. The van der Waals surface area contributed by atoms with Crippen molar-refractivity contribution < 1.29 is 32.1 Å². The lowest BCUT2D eigenvalue weighted by atomic mass is 10.0. The van der Waals surface area contributed by atoms with Gasteiger partial charge in [-0.05, 0) is 74.1 Å². The number of anilines is 1. The van der Waals surface area contributed by atoms with E-state index in [0.29, 0.717) is 55.5 Å². The van der Waals surface area contributed by atoms with Gasteiger partial charge >= 0.3 is 6.36 Å². The van der Waals surface area contributed by atoms with Gasteiger partial charge in [-0.15, -0.1) is 13.2 Å². The first-order valence-corrected chi connectivity index (χ1v) is 15.0. The highest BCUT2D eigenvalue weighted by molar-refractivity contribution is 5.74. The van der Waals surface area contributed by atoms with E-state index in [-0.39, 0.29) is 40.8 Å². The lowest BCUT2D eigenvalue weighted by molar-refractivity contribution is -0.275. The quantitative estimate of drug-likeness (QED) is 0.0947. The van der Waals surface area contributed by atoms with Crippen molar-refractivity contribution in [2.45, 2.75) is 63.4 Å². The topological polar surface area (TPSA) is 170 Å². The first-order valence-electron chi connectivity index (χ1n) is 15.0. The number of guanidine groups is 1. The zero-order chi connectivity index (χ0) is 33.0. The van der Waals surface area contributed by atoms with Crippen molar-refractivity contribution in [1.82, 2.24) is 15.6 Å². The molecule has 0 saturated carbocycles. The van der Waals surface area contributed by atoms with Crippen molar-refractivity contribution >= 4 is 17.8 Å². The standard InChI is InChI=1S/C31H38F4N8O3/c1-17(36)3-2-4-18-11-23(27(32)26(12-18)46-31(33,34)35)24-13-20-14-43(30(44)42-28(20)41-24)22-7-5-19(6-8-22)25-16-45-15-21(40-25)9-10-39-29(37)38/h5-8,11-14,17,21,25,30,40,44H,2-4,9-10,15-16,36H2,1H3,(H,41,42)(H4,37,38,39)/t17-,21-,25-,30?/m0/s1. The van der Waals surface area contributed by atoms with Crippen molar-refractivity contribution in [2.24, 2.45) is 16.5 Å². The van der Waals surface area contributed by atoms with Gasteiger partial charge in [0.1, 0.15) is 5.49 Å². The van der Waals surface area contributed by atoms with Gasteiger partial charge in [-0.1, -0.05) is 12.1 Å². The number of nitrogens with one attached hydrogen (secondary N) is 4. The number of aliphatic hydroxyl groups excluding tert-OH is 1. The highest BCUT2D eigenvalue weighted by Gasteiger charge is 2.33. The number of aliphatic hydroxyl groups is 1. The molecule has 0 bridgehead atoms. The fourth-order valence-electron chi connectivity index (χ4n) is 5.56. The molecule has 1 saturated heterocycles. The average Bonchev–Trinajstić information content (AvgIpc) is 3.40. The maximum atomic E-state index is 15.4. The number of rotatable bonds is 11. The van der Waals surface area contributed by atoms with Crippen molar-refractivity contribution in [2.75, 3.05) is 24.7 Å². The molecular formula is C31H38F4N8O3. The molecule has 2 aromatic carbocycles. The van der Waals surface area contributed by atoms with Crippen LogP contribution >= 0.6 is 0 Å². The number of H-pyrrole nitrogens is 1. The van der Waals surface area contributed by atoms with E-state index in [2.05, 4.69) is 25.3 Å². The number of ether oxygens (including phenoxy) is 2. The summed E-state index contributed by atoms with van der Waals surface area (Å²) in [5.74, 6) is -2.17. The molecule has 2 aliphatic heterocycles. The number of nitrogens with zero attached hydrogens (tertiary/aromatic N) is 2. The maximum Gasteiger partial charge on any atom is 0.573 e. The second-order valence-corrected chi connectivity index (χ2v) is 11.5. The number of nitrogens with two attached hydrogens (primary N) is 2. The van der Waals surface area contributed by atoms with Gasteiger partial charge in [0.05, 0.1) is 24.9 Å². The molecule has 3 aromatic rings. The second-order valence-electron chi connectivity index (χ2n) is 11.5. The van der Waals surface area contributed by atoms with Crippen LogP contribution in [-0.2, 0) is 11.2 Å². The van der Waals surface area contributed by atoms with E-state index in [1.165, 1.54) is 11.0 Å². The number of hydrogen-bond donors (Lipinski definition) is 7. The molecule has 0 radical (unpaired) electrons. The minimum absolute atomic E-state index is 0.0560. The van der Waals surface area contributed by atoms with Crippen molar-refractivity contribution in [3.05, 3.63) is 70.1 Å². The van der Waals surface area contributed by atoms with Gasteiger partial charge in [0, 0.05) is 41.3 Å². The summed E-state index contributed by atoms with van der Waals surface area (Å²) < 4.78 is 64.5. The number of halogens is 4. The van der Waals surface area contributed by atoms with Crippen LogP contribution in [0.3, 0.4) is 0 Å². The van der Waals surface area contributed by atoms with Gasteiger partial charge in [0.15, 0.2) is 17.5 Å². The number of fused-ring (bicyclic) bond motifs is 1. The number of aryl methyl sites for hydroxylation is 1. The fraction of sp³-hybridized carbons (Fsp3) is 0.419. The Morgan fingerprint density at radius 2 is 2.00 bits per heavy atom. The molecule has 3 heterocycles. The van der Waals surface area contributed by atoms with Crippen LogP contribution in [0.4, 0.5) is 23.2 Å². The number of benzene rings is 2. The molecule has 248 valence electrons. The molecule has 4 atom stereocenters. The Bertz CT molecular complexity index is 1640. The van der Waals surface area contributed by atoms with Gasteiger partial charge < -0.3 is 46.6 Å². The molecule has 15 heteroatoms. The third-order valence-corrected chi connectivity index (χ3v) is 7.78. The van der Waals surface area contributed by atoms with Crippen LogP contribution in [0.15, 0.2) is 47.5 Å². The Kier molecular flexibility index (Phi) is 10.2. The predicted molar refractivity (Wildman–Crippen MR) is 165 cm³/mol. The number of hydrogen-bond acceptors (Lipinski definition) is 8. The molecule has 1 fully saturated rings. The summed E-state index contributed by atoms with van der Waals surface area (Å²) in [5, 5.41) is 25.0. The minimum atomic E-state index is -5.07. The smallest absolute Gasteiger partial charge is 0.403 e. The average molecular weight is 647 g/mol. The molecule has 5 rings (SSSR count). The molecule has 2 aliphatic rings. The van der Waals surface area contributed by atoms with Crippen LogP contribution in [0.5, 0.6) is 5.75 Å². The first-order chi connectivity index (χ1) is 21.9. The maximum absolute atomic E-state index is 15.4. The summed E-state index contributed by atoms with van der Waals surface area (Å²) in [7, 11) is 0. The van der Waals surface area contributed by atoms with Gasteiger partial charge in [-0.2, -0.15) is 0 Å². The zero-order valence-corrected chi connectivity index (χ0v) is 25.2. The summed E-state index contributed by atoms with van der Waals surface area (Å²) in [5.41, 5.74) is 13.6. The van der Waals surface area contributed by atoms with E-state index in [1.807, 2.05) is 31.2 Å². The Balaban J connectivity index is 1.37. The normalized spacial score (nSPS) is 20.3. The van der Waals surface area contributed by atoms with Crippen LogP contribution in [-0.4, -0.2) is 60.6 Å². The first kappa shape index (κ1) is 33.2. The Labute approximate surface area is 262 Å². The van der Waals surface area contributed by atoms with Gasteiger partial charge in [-0.25, -0.2) is 9.38 Å². The van der Waals surface area contributed by atoms with E-state index in [4.69, 9.17) is 21.6 Å². The lowest BCUT2D eigenvalue weighted by Gasteiger charge is -2.32.